The van der Waals surface area contributed by atoms with Crippen molar-refractivity contribution in [1.29, 1.82) is 0 Å². The third-order valence-corrected chi connectivity index (χ3v) is 6.61. The number of fused-ring (bicyclic) bond motifs is 1. The van der Waals surface area contributed by atoms with E-state index in [0.717, 1.165) is 38.2 Å². The van der Waals surface area contributed by atoms with E-state index in [1.54, 1.807) is 34.5 Å². The predicted molar refractivity (Wildman–Crippen MR) is 119 cm³/mol. The molecule has 0 unspecified atom stereocenters. The number of carboxylic acid groups (broad SMARTS) is 1. The number of aryl methyl sites for hydroxylation is 1. The minimum absolute atomic E-state index is 0.171. The number of aliphatic carboxylic acids is 1. The minimum atomic E-state index is -0.983. The van der Waals surface area contributed by atoms with Crippen molar-refractivity contribution in [1.82, 2.24) is 19.7 Å². The Kier molecular flexibility index (Phi) is 5.69. The molecular weight excluding hydrogens is 422 g/mol. The molecule has 9 heteroatoms. The fraction of sp³-hybridized carbons (Fsp3) is 0.238. The van der Waals surface area contributed by atoms with Gasteiger partial charge in [0, 0.05) is 27.9 Å². The molecule has 0 aliphatic carbocycles. The highest BCUT2D eigenvalue weighted by molar-refractivity contribution is 7.19. The Morgan fingerprint density at radius 2 is 2.17 bits per heavy atom. The molecule has 154 valence electrons. The number of thiophene rings is 1. The van der Waals surface area contributed by atoms with E-state index < -0.39 is 12.0 Å². The molecular formula is C21H20ClN5O2S. The molecule has 1 atom stereocenters. The van der Waals surface area contributed by atoms with Crippen molar-refractivity contribution in [2.75, 3.05) is 5.32 Å². The lowest BCUT2D eigenvalue weighted by Crippen LogP contribution is -2.34. The summed E-state index contributed by atoms with van der Waals surface area (Å²) in [6, 6.07) is 6.66. The van der Waals surface area contributed by atoms with Gasteiger partial charge in [-0.1, -0.05) is 30.7 Å². The number of rotatable bonds is 7. The number of anilines is 1. The monoisotopic (exact) mass is 441 g/mol. The predicted octanol–water partition coefficient (Wildman–Crippen LogP) is 4.64. The number of halogens is 1. The fourth-order valence-electron chi connectivity index (χ4n) is 3.45. The molecule has 0 bridgehead atoms. The maximum atomic E-state index is 11.9. The van der Waals surface area contributed by atoms with Crippen LogP contribution in [0.15, 0.2) is 43.0 Å². The Morgan fingerprint density at radius 1 is 1.33 bits per heavy atom. The summed E-state index contributed by atoms with van der Waals surface area (Å²) in [6.45, 7) is 4.24. The van der Waals surface area contributed by atoms with E-state index in [9.17, 15) is 9.90 Å². The van der Waals surface area contributed by atoms with Gasteiger partial charge in [0.05, 0.1) is 11.9 Å². The molecule has 0 aliphatic heterocycles. The summed E-state index contributed by atoms with van der Waals surface area (Å²) in [5.41, 5.74) is 2.97. The van der Waals surface area contributed by atoms with E-state index >= 15 is 0 Å². The second kappa shape index (κ2) is 8.41. The van der Waals surface area contributed by atoms with Crippen molar-refractivity contribution in [2.24, 2.45) is 0 Å². The third kappa shape index (κ3) is 3.76. The molecule has 0 saturated carbocycles. The van der Waals surface area contributed by atoms with E-state index in [2.05, 4.69) is 27.3 Å². The summed E-state index contributed by atoms with van der Waals surface area (Å²) < 4.78 is 1.58. The standard InChI is InChI=1S/C21H20ClN5O2S/c1-3-16-17(13-6-4-7-14(22)12(13)2)18-19(23-11-24-20(18)30-16)26-15(21(28)29)10-27-9-5-8-25-27/h4-9,11,15H,3,10H2,1-2H3,(H,28,29)(H,23,24,26)/t15-/m0/s1. The summed E-state index contributed by atoms with van der Waals surface area (Å²) in [4.78, 5) is 22.7. The molecule has 4 rings (SSSR count). The number of nitrogens with zero attached hydrogens (tertiary/aromatic N) is 4. The Labute approximate surface area is 182 Å². The van der Waals surface area contributed by atoms with Crippen LogP contribution in [0.2, 0.25) is 5.02 Å². The van der Waals surface area contributed by atoms with Crippen molar-refractivity contribution in [3.63, 3.8) is 0 Å². The third-order valence-electron chi connectivity index (χ3n) is 4.96. The van der Waals surface area contributed by atoms with Crippen LogP contribution in [-0.4, -0.2) is 36.9 Å². The Morgan fingerprint density at radius 3 is 2.87 bits per heavy atom. The first-order chi connectivity index (χ1) is 14.5. The normalized spacial score (nSPS) is 12.2. The number of carboxylic acids is 1. The minimum Gasteiger partial charge on any atom is -0.480 e. The highest BCUT2D eigenvalue weighted by Gasteiger charge is 2.24. The molecule has 3 aromatic heterocycles. The summed E-state index contributed by atoms with van der Waals surface area (Å²) in [5, 5.41) is 18.5. The van der Waals surface area contributed by atoms with Gasteiger partial charge in [-0.2, -0.15) is 5.10 Å². The smallest absolute Gasteiger partial charge is 0.328 e. The Bertz CT molecular complexity index is 1210. The van der Waals surface area contributed by atoms with Crippen LogP contribution >= 0.6 is 22.9 Å². The topological polar surface area (TPSA) is 92.9 Å². The maximum Gasteiger partial charge on any atom is 0.328 e. The van der Waals surface area contributed by atoms with E-state index in [0.29, 0.717) is 10.8 Å². The van der Waals surface area contributed by atoms with Crippen LogP contribution in [0.3, 0.4) is 0 Å². The summed E-state index contributed by atoms with van der Waals surface area (Å²) >= 11 is 7.98. The van der Waals surface area contributed by atoms with Crippen LogP contribution in [0.1, 0.15) is 17.4 Å². The second-order valence-electron chi connectivity index (χ2n) is 6.83. The van der Waals surface area contributed by atoms with Crippen molar-refractivity contribution < 1.29 is 9.90 Å². The van der Waals surface area contributed by atoms with Gasteiger partial charge in [-0.3, -0.25) is 4.68 Å². The van der Waals surface area contributed by atoms with Crippen LogP contribution in [0.5, 0.6) is 0 Å². The summed E-state index contributed by atoms with van der Waals surface area (Å²) in [5.74, 6) is -0.492. The highest BCUT2D eigenvalue weighted by Crippen LogP contribution is 2.43. The highest BCUT2D eigenvalue weighted by atomic mass is 35.5. The zero-order valence-electron chi connectivity index (χ0n) is 16.5. The van der Waals surface area contributed by atoms with E-state index in [-0.39, 0.29) is 6.54 Å². The quantitative estimate of drug-likeness (QED) is 0.434. The molecule has 0 fully saturated rings. The van der Waals surface area contributed by atoms with Gasteiger partial charge in [0.15, 0.2) is 0 Å². The maximum absolute atomic E-state index is 11.9. The number of hydrogen-bond acceptors (Lipinski definition) is 6. The van der Waals surface area contributed by atoms with Gasteiger partial charge in [0.2, 0.25) is 0 Å². The number of nitrogens with one attached hydrogen (secondary N) is 1. The van der Waals surface area contributed by atoms with Crippen LogP contribution in [0.4, 0.5) is 5.82 Å². The Hall–Kier alpha value is -2.97. The lowest BCUT2D eigenvalue weighted by Gasteiger charge is -2.17. The van der Waals surface area contributed by atoms with E-state index in [1.165, 1.54) is 6.33 Å². The molecule has 4 aromatic rings. The number of benzene rings is 1. The summed E-state index contributed by atoms with van der Waals surface area (Å²) in [6.07, 6.45) is 5.63. The van der Waals surface area contributed by atoms with Gasteiger partial charge >= 0.3 is 5.97 Å². The lowest BCUT2D eigenvalue weighted by atomic mass is 9.97. The number of hydrogen-bond donors (Lipinski definition) is 2. The van der Waals surface area contributed by atoms with Gasteiger partial charge in [-0.05, 0) is 36.6 Å². The van der Waals surface area contributed by atoms with Gasteiger partial charge < -0.3 is 10.4 Å². The fourth-order valence-corrected chi connectivity index (χ4v) is 4.71. The van der Waals surface area contributed by atoms with Crippen molar-refractivity contribution in [3.05, 3.63) is 58.4 Å². The van der Waals surface area contributed by atoms with Crippen molar-refractivity contribution >= 4 is 44.9 Å². The molecule has 1 aromatic carbocycles. The van der Waals surface area contributed by atoms with E-state index in [4.69, 9.17) is 11.6 Å². The van der Waals surface area contributed by atoms with Crippen LogP contribution in [0.25, 0.3) is 21.3 Å². The molecule has 0 aliphatic rings. The largest absolute Gasteiger partial charge is 0.480 e. The van der Waals surface area contributed by atoms with E-state index in [1.807, 2.05) is 25.1 Å². The van der Waals surface area contributed by atoms with Gasteiger partial charge in [0.25, 0.3) is 0 Å². The zero-order chi connectivity index (χ0) is 21.3. The lowest BCUT2D eigenvalue weighted by molar-refractivity contribution is -0.138. The molecule has 2 N–H and O–H groups in total. The van der Waals surface area contributed by atoms with Crippen molar-refractivity contribution in [2.45, 2.75) is 32.9 Å². The SMILES string of the molecule is CCc1sc2ncnc(N[C@@H](Cn3cccn3)C(=O)O)c2c1-c1cccc(Cl)c1C. The molecule has 0 amide bonds. The van der Waals surface area contributed by atoms with Crippen LogP contribution < -0.4 is 5.32 Å². The van der Waals surface area contributed by atoms with Gasteiger partial charge in [-0.25, -0.2) is 14.8 Å². The number of carbonyl (C=O) groups is 1. The summed E-state index contributed by atoms with van der Waals surface area (Å²) in [7, 11) is 0. The van der Waals surface area contributed by atoms with Gasteiger partial charge in [-0.15, -0.1) is 11.3 Å². The van der Waals surface area contributed by atoms with Crippen LogP contribution in [0, 0.1) is 6.92 Å². The first kappa shape index (κ1) is 20.3. The first-order valence-electron chi connectivity index (χ1n) is 9.48. The first-order valence-corrected chi connectivity index (χ1v) is 10.7. The molecule has 30 heavy (non-hydrogen) atoms. The average Bonchev–Trinajstić information content (AvgIpc) is 3.37. The average molecular weight is 442 g/mol. The van der Waals surface area contributed by atoms with Crippen molar-refractivity contribution in [3.8, 4) is 11.1 Å². The zero-order valence-corrected chi connectivity index (χ0v) is 18.0. The molecule has 0 radical (unpaired) electrons. The molecule has 3 heterocycles. The Balaban J connectivity index is 1.85. The molecule has 0 spiro atoms. The second-order valence-corrected chi connectivity index (χ2v) is 8.32. The van der Waals surface area contributed by atoms with Gasteiger partial charge in [0.1, 0.15) is 23.0 Å². The molecule has 0 saturated heterocycles. The molecule has 7 nitrogen and oxygen atoms in total. The number of aromatic nitrogens is 4. The van der Waals surface area contributed by atoms with Crippen LogP contribution in [-0.2, 0) is 17.8 Å².